The lowest BCUT2D eigenvalue weighted by atomic mass is 9.86. The highest BCUT2D eigenvalue weighted by atomic mass is 15.3. The molecule has 1 aliphatic carbocycles. The normalized spacial score (nSPS) is 32.2. The Morgan fingerprint density at radius 3 is 2.74 bits per heavy atom. The van der Waals surface area contributed by atoms with Gasteiger partial charge < -0.3 is 5.32 Å². The number of nitrogens with zero attached hydrogens (tertiary/aromatic N) is 2. The lowest BCUT2D eigenvalue weighted by molar-refractivity contribution is 0.0674. The van der Waals surface area contributed by atoms with Gasteiger partial charge in [0, 0.05) is 44.8 Å². The maximum Gasteiger partial charge on any atom is 0.0224 e. The zero-order valence-electron chi connectivity index (χ0n) is 12.8. The Balaban J connectivity index is 1.49. The molecule has 0 aromatic rings. The molecular formula is C16H31N3. The molecule has 0 spiro atoms. The van der Waals surface area contributed by atoms with E-state index in [0.29, 0.717) is 5.41 Å². The largest absolute Gasteiger partial charge is 0.313 e. The summed E-state index contributed by atoms with van der Waals surface area (Å²) < 4.78 is 0. The SMILES string of the molecule is CCC(C)(CNC1CC1)CN1CCN2CCCC2C1. The van der Waals surface area contributed by atoms with Crippen LogP contribution >= 0.6 is 0 Å². The summed E-state index contributed by atoms with van der Waals surface area (Å²) in [5.41, 5.74) is 0.462. The number of hydrogen-bond acceptors (Lipinski definition) is 3. The van der Waals surface area contributed by atoms with Gasteiger partial charge in [0.2, 0.25) is 0 Å². The fourth-order valence-electron chi connectivity index (χ4n) is 3.71. The third kappa shape index (κ3) is 3.50. The van der Waals surface area contributed by atoms with Gasteiger partial charge in [0.1, 0.15) is 0 Å². The average Bonchev–Trinajstić information content (AvgIpc) is 3.13. The first-order chi connectivity index (χ1) is 9.18. The zero-order chi connectivity index (χ0) is 13.3. The molecule has 19 heavy (non-hydrogen) atoms. The van der Waals surface area contributed by atoms with E-state index in [2.05, 4.69) is 29.0 Å². The summed E-state index contributed by atoms with van der Waals surface area (Å²) in [5.74, 6) is 0. The molecule has 2 aliphatic heterocycles. The smallest absolute Gasteiger partial charge is 0.0224 e. The monoisotopic (exact) mass is 265 g/mol. The van der Waals surface area contributed by atoms with Gasteiger partial charge in [0.05, 0.1) is 0 Å². The van der Waals surface area contributed by atoms with Crippen molar-refractivity contribution in [3.8, 4) is 0 Å². The van der Waals surface area contributed by atoms with Crippen LogP contribution in [0.2, 0.25) is 0 Å². The Kier molecular flexibility index (Phi) is 4.16. The maximum atomic E-state index is 3.75. The van der Waals surface area contributed by atoms with E-state index in [1.54, 1.807) is 0 Å². The molecule has 1 saturated carbocycles. The highest BCUT2D eigenvalue weighted by molar-refractivity contribution is 4.91. The van der Waals surface area contributed by atoms with Crippen molar-refractivity contribution in [3.63, 3.8) is 0 Å². The van der Waals surface area contributed by atoms with Gasteiger partial charge >= 0.3 is 0 Å². The van der Waals surface area contributed by atoms with E-state index in [1.165, 1.54) is 71.4 Å². The highest BCUT2D eigenvalue weighted by Crippen LogP contribution is 2.28. The third-order valence-electron chi connectivity index (χ3n) is 5.53. The van der Waals surface area contributed by atoms with Crippen LogP contribution in [0.4, 0.5) is 0 Å². The Hall–Kier alpha value is -0.120. The van der Waals surface area contributed by atoms with Crippen LogP contribution in [-0.2, 0) is 0 Å². The highest BCUT2D eigenvalue weighted by Gasteiger charge is 2.34. The molecule has 0 radical (unpaired) electrons. The number of rotatable bonds is 6. The lowest BCUT2D eigenvalue weighted by Crippen LogP contribution is -2.53. The van der Waals surface area contributed by atoms with Gasteiger partial charge in [-0.2, -0.15) is 0 Å². The molecule has 3 nitrogen and oxygen atoms in total. The predicted molar refractivity (Wildman–Crippen MR) is 80.5 cm³/mol. The van der Waals surface area contributed by atoms with E-state index in [4.69, 9.17) is 0 Å². The fourth-order valence-corrected chi connectivity index (χ4v) is 3.71. The zero-order valence-corrected chi connectivity index (χ0v) is 12.8. The van der Waals surface area contributed by atoms with E-state index in [1.807, 2.05) is 0 Å². The molecule has 0 amide bonds. The average molecular weight is 265 g/mol. The van der Waals surface area contributed by atoms with Gasteiger partial charge in [-0.15, -0.1) is 0 Å². The Bertz CT molecular complexity index is 302. The summed E-state index contributed by atoms with van der Waals surface area (Å²) in [5, 5.41) is 3.75. The van der Waals surface area contributed by atoms with Gasteiger partial charge in [-0.25, -0.2) is 0 Å². The maximum absolute atomic E-state index is 3.75. The first-order valence-corrected chi connectivity index (χ1v) is 8.38. The molecule has 0 bridgehead atoms. The van der Waals surface area contributed by atoms with Crippen molar-refractivity contribution in [1.82, 2.24) is 15.1 Å². The molecule has 3 heteroatoms. The third-order valence-corrected chi connectivity index (χ3v) is 5.53. The molecular weight excluding hydrogens is 234 g/mol. The molecule has 2 saturated heterocycles. The Labute approximate surface area is 118 Å². The summed E-state index contributed by atoms with van der Waals surface area (Å²) in [7, 11) is 0. The minimum Gasteiger partial charge on any atom is -0.313 e. The van der Waals surface area contributed by atoms with Crippen LogP contribution in [0.15, 0.2) is 0 Å². The van der Waals surface area contributed by atoms with Crippen LogP contribution in [0, 0.1) is 5.41 Å². The molecule has 3 aliphatic rings. The molecule has 3 rings (SSSR count). The lowest BCUT2D eigenvalue weighted by Gasteiger charge is -2.42. The summed E-state index contributed by atoms with van der Waals surface area (Å²) in [6, 6.07) is 1.71. The number of hydrogen-bond donors (Lipinski definition) is 1. The quantitative estimate of drug-likeness (QED) is 0.792. The number of fused-ring (bicyclic) bond motifs is 1. The summed E-state index contributed by atoms with van der Waals surface area (Å²) in [6.45, 7) is 12.6. The van der Waals surface area contributed by atoms with Gasteiger partial charge in [-0.1, -0.05) is 13.8 Å². The summed E-state index contributed by atoms with van der Waals surface area (Å²) in [6.07, 6.45) is 6.95. The number of nitrogens with one attached hydrogen (secondary N) is 1. The van der Waals surface area contributed by atoms with Crippen molar-refractivity contribution in [2.45, 2.75) is 58.0 Å². The molecule has 3 fully saturated rings. The van der Waals surface area contributed by atoms with Crippen molar-refractivity contribution >= 4 is 0 Å². The van der Waals surface area contributed by atoms with Gasteiger partial charge in [0.25, 0.3) is 0 Å². The van der Waals surface area contributed by atoms with Gasteiger partial charge in [0.15, 0.2) is 0 Å². The van der Waals surface area contributed by atoms with E-state index < -0.39 is 0 Å². The van der Waals surface area contributed by atoms with Crippen LogP contribution in [-0.4, -0.2) is 61.2 Å². The van der Waals surface area contributed by atoms with Crippen molar-refractivity contribution in [2.24, 2.45) is 5.41 Å². The van der Waals surface area contributed by atoms with Crippen molar-refractivity contribution in [2.75, 3.05) is 39.3 Å². The van der Waals surface area contributed by atoms with E-state index in [-0.39, 0.29) is 0 Å². The second-order valence-corrected chi connectivity index (χ2v) is 7.39. The second-order valence-electron chi connectivity index (χ2n) is 7.39. The molecule has 2 unspecified atom stereocenters. The standard InChI is InChI=1S/C16H31N3/c1-3-16(2,12-17-14-6-7-14)13-18-9-10-19-8-4-5-15(19)11-18/h14-15,17H,3-13H2,1-2H3. The minimum atomic E-state index is 0.462. The topological polar surface area (TPSA) is 18.5 Å². The van der Waals surface area contributed by atoms with Crippen molar-refractivity contribution < 1.29 is 0 Å². The van der Waals surface area contributed by atoms with Crippen molar-refractivity contribution in [1.29, 1.82) is 0 Å². The van der Waals surface area contributed by atoms with Crippen molar-refractivity contribution in [3.05, 3.63) is 0 Å². The molecule has 0 aromatic heterocycles. The van der Waals surface area contributed by atoms with Crippen LogP contribution in [0.1, 0.15) is 46.0 Å². The molecule has 2 atom stereocenters. The molecule has 2 heterocycles. The summed E-state index contributed by atoms with van der Waals surface area (Å²) in [4.78, 5) is 5.45. The van der Waals surface area contributed by atoms with Gasteiger partial charge in [-0.3, -0.25) is 9.80 Å². The Morgan fingerprint density at radius 2 is 2.00 bits per heavy atom. The second kappa shape index (κ2) is 5.71. The minimum absolute atomic E-state index is 0.462. The fraction of sp³-hybridized carbons (Fsp3) is 1.00. The predicted octanol–water partition coefficient (Wildman–Crippen LogP) is 1.93. The van der Waals surface area contributed by atoms with Crippen LogP contribution in [0.5, 0.6) is 0 Å². The summed E-state index contributed by atoms with van der Waals surface area (Å²) >= 11 is 0. The van der Waals surface area contributed by atoms with Gasteiger partial charge in [-0.05, 0) is 44.1 Å². The molecule has 1 N–H and O–H groups in total. The van der Waals surface area contributed by atoms with E-state index >= 15 is 0 Å². The van der Waals surface area contributed by atoms with Crippen LogP contribution in [0.3, 0.4) is 0 Å². The van der Waals surface area contributed by atoms with E-state index in [0.717, 1.165) is 12.1 Å². The number of piperazine rings is 1. The first kappa shape index (κ1) is 13.8. The first-order valence-electron chi connectivity index (χ1n) is 8.38. The Morgan fingerprint density at radius 1 is 1.16 bits per heavy atom. The molecule has 0 aromatic carbocycles. The van der Waals surface area contributed by atoms with Crippen LogP contribution in [0.25, 0.3) is 0 Å². The molecule has 110 valence electrons. The van der Waals surface area contributed by atoms with E-state index in [9.17, 15) is 0 Å². The van der Waals surface area contributed by atoms with Crippen LogP contribution < -0.4 is 5.32 Å².